The van der Waals surface area contributed by atoms with Crippen LogP contribution >= 0.6 is 12.4 Å². The fraction of sp³-hybridized carbons (Fsp3) is 0.400. The van der Waals surface area contributed by atoms with Crippen molar-refractivity contribution in [1.82, 2.24) is 19.9 Å². The van der Waals surface area contributed by atoms with Gasteiger partial charge in [-0.15, -0.1) is 12.4 Å². The predicted molar refractivity (Wildman–Crippen MR) is 114 cm³/mol. The molecule has 3 aromatic rings. The Kier molecular flexibility index (Phi) is 6.39. The van der Waals surface area contributed by atoms with Crippen LogP contribution in [0.25, 0.3) is 5.65 Å². The number of halogens is 1. The van der Waals surface area contributed by atoms with Crippen LogP contribution in [0, 0.1) is 0 Å². The third kappa shape index (κ3) is 4.22. The molecule has 1 fully saturated rings. The van der Waals surface area contributed by atoms with Crippen LogP contribution in [0.15, 0.2) is 42.6 Å². The molecule has 28 heavy (non-hydrogen) atoms. The van der Waals surface area contributed by atoms with Gasteiger partial charge in [0.15, 0.2) is 5.65 Å². The standard InChI is InChI=1S/C20H26N6O.ClH/c1-13(2)15-10-23-26-19(22-9-14-6-4-3-5-7-14)8-18(25-20(15)26)24-16-11-21-12-17(16)27;/h3-8,10,13,16-17,21-22,27H,9,11-12H2,1-2H3,(H,24,25);1H/t16-,17-;/m0./s1. The van der Waals surface area contributed by atoms with E-state index in [1.165, 1.54) is 5.56 Å². The van der Waals surface area contributed by atoms with Crippen molar-refractivity contribution < 1.29 is 5.11 Å². The largest absolute Gasteiger partial charge is 0.390 e. The maximum atomic E-state index is 10.1. The molecule has 0 saturated carbocycles. The number of nitrogens with zero attached hydrogens (tertiary/aromatic N) is 3. The fourth-order valence-electron chi connectivity index (χ4n) is 3.38. The Morgan fingerprint density at radius 2 is 2.04 bits per heavy atom. The Morgan fingerprint density at radius 3 is 2.71 bits per heavy atom. The van der Waals surface area contributed by atoms with Gasteiger partial charge in [-0.2, -0.15) is 9.61 Å². The second-order valence-corrected chi connectivity index (χ2v) is 7.33. The van der Waals surface area contributed by atoms with E-state index in [1.54, 1.807) is 0 Å². The summed E-state index contributed by atoms with van der Waals surface area (Å²) in [6, 6.07) is 12.2. The van der Waals surface area contributed by atoms with Gasteiger partial charge in [-0.3, -0.25) is 0 Å². The lowest BCUT2D eigenvalue weighted by molar-refractivity contribution is 0.185. The zero-order chi connectivity index (χ0) is 18.8. The van der Waals surface area contributed by atoms with Crippen molar-refractivity contribution in [2.75, 3.05) is 23.7 Å². The summed E-state index contributed by atoms with van der Waals surface area (Å²) in [7, 11) is 0. The van der Waals surface area contributed by atoms with Crippen LogP contribution in [0.1, 0.15) is 30.9 Å². The molecule has 3 heterocycles. The molecular formula is C20H27ClN6O. The molecule has 0 spiro atoms. The quantitative estimate of drug-likeness (QED) is 0.507. The van der Waals surface area contributed by atoms with Crippen molar-refractivity contribution in [3.05, 3.63) is 53.7 Å². The number of fused-ring (bicyclic) bond motifs is 1. The molecule has 0 unspecified atom stereocenters. The first-order valence-corrected chi connectivity index (χ1v) is 9.43. The normalized spacial score (nSPS) is 19.0. The van der Waals surface area contributed by atoms with E-state index in [-0.39, 0.29) is 18.4 Å². The molecule has 1 aliphatic heterocycles. The highest BCUT2D eigenvalue weighted by Gasteiger charge is 2.25. The number of hydrogen-bond acceptors (Lipinski definition) is 6. The van der Waals surface area contributed by atoms with E-state index < -0.39 is 6.10 Å². The molecule has 4 N–H and O–H groups in total. The number of nitrogens with one attached hydrogen (secondary N) is 3. The van der Waals surface area contributed by atoms with Crippen LogP contribution in [0.2, 0.25) is 0 Å². The summed E-state index contributed by atoms with van der Waals surface area (Å²) in [5, 5.41) is 24.7. The van der Waals surface area contributed by atoms with Gasteiger partial charge >= 0.3 is 0 Å². The maximum absolute atomic E-state index is 10.1. The molecule has 0 aliphatic carbocycles. The topological polar surface area (TPSA) is 86.5 Å². The molecule has 2 atom stereocenters. The Balaban J connectivity index is 0.00000225. The maximum Gasteiger partial charge on any atom is 0.163 e. The van der Waals surface area contributed by atoms with Crippen molar-refractivity contribution in [3.8, 4) is 0 Å². The van der Waals surface area contributed by atoms with Gasteiger partial charge in [0.2, 0.25) is 0 Å². The molecule has 1 aromatic carbocycles. The van der Waals surface area contributed by atoms with Crippen molar-refractivity contribution in [2.24, 2.45) is 0 Å². The zero-order valence-electron chi connectivity index (χ0n) is 16.1. The van der Waals surface area contributed by atoms with Crippen LogP contribution in [-0.2, 0) is 6.54 Å². The summed E-state index contributed by atoms with van der Waals surface area (Å²) in [6.45, 7) is 6.30. The molecule has 150 valence electrons. The number of aliphatic hydroxyl groups is 1. The number of anilines is 2. The average Bonchev–Trinajstić information content (AvgIpc) is 3.27. The SMILES string of the molecule is CC(C)c1cnn2c(NCc3ccccc3)cc(N[C@H]3CNC[C@@H]3O)nc12.Cl. The first-order chi connectivity index (χ1) is 13.1. The second-order valence-electron chi connectivity index (χ2n) is 7.33. The molecule has 2 aromatic heterocycles. The molecule has 4 rings (SSSR count). The van der Waals surface area contributed by atoms with E-state index >= 15 is 0 Å². The fourth-order valence-corrected chi connectivity index (χ4v) is 3.38. The lowest BCUT2D eigenvalue weighted by Crippen LogP contribution is -2.32. The lowest BCUT2D eigenvalue weighted by Gasteiger charge is -2.18. The summed E-state index contributed by atoms with van der Waals surface area (Å²) in [5.74, 6) is 1.94. The minimum absolute atomic E-state index is 0. The number of β-amino-alcohol motifs (C(OH)–C–C–N with tert-alkyl or cyclic N) is 1. The monoisotopic (exact) mass is 402 g/mol. The van der Waals surface area contributed by atoms with Crippen molar-refractivity contribution in [3.63, 3.8) is 0 Å². The van der Waals surface area contributed by atoms with Crippen LogP contribution in [0.5, 0.6) is 0 Å². The highest BCUT2D eigenvalue weighted by Crippen LogP contribution is 2.25. The van der Waals surface area contributed by atoms with Crippen molar-refractivity contribution >= 4 is 29.7 Å². The third-order valence-corrected chi connectivity index (χ3v) is 4.95. The van der Waals surface area contributed by atoms with E-state index in [2.05, 4.69) is 47.0 Å². The van der Waals surface area contributed by atoms with Gasteiger partial charge in [0.1, 0.15) is 11.6 Å². The molecule has 7 nitrogen and oxygen atoms in total. The van der Waals surface area contributed by atoms with Gasteiger partial charge in [0.25, 0.3) is 0 Å². The number of aliphatic hydroxyl groups excluding tert-OH is 1. The Hall–Kier alpha value is -2.35. The number of aromatic nitrogens is 3. The highest BCUT2D eigenvalue weighted by atomic mass is 35.5. The minimum atomic E-state index is -0.418. The van der Waals surface area contributed by atoms with Gasteiger partial charge in [-0.1, -0.05) is 44.2 Å². The molecule has 0 amide bonds. The van der Waals surface area contributed by atoms with Gasteiger partial charge in [0.05, 0.1) is 18.3 Å². The number of benzene rings is 1. The second kappa shape index (κ2) is 8.77. The average molecular weight is 403 g/mol. The summed E-state index contributed by atoms with van der Waals surface area (Å²) in [5.41, 5.74) is 3.14. The minimum Gasteiger partial charge on any atom is -0.390 e. The van der Waals surface area contributed by atoms with Crippen molar-refractivity contribution in [1.29, 1.82) is 0 Å². The van der Waals surface area contributed by atoms with E-state index in [1.807, 2.05) is 35.0 Å². The Morgan fingerprint density at radius 1 is 1.25 bits per heavy atom. The number of hydrogen-bond donors (Lipinski definition) is 4. The first kappa shape index (κ1) is 20.4. The lowest BCUT2D eigenvalue weighted by atomic mass is 10.1. The Labute approximate surface area is 171 Å². The van der Waals surface area contributed by atoms with Crippen LogP contribution in [0.4, 0.5) is 11.6 Å². The molecule has 8 heteroatoms. The highest BCUT2D eigenvalue weighted by molar-refractivity contribution is 5.85. The van der Waals surface area contributed by atoms with Gasteiger partial charge in [0, 0.05) is 31.3 Å². The summed E-state index contributed by atoms with van der Waals surface area (Å²) < 4.78 is 1.85. The van der Waals surface area contributed by atoms with E-state index in [0.717, 1.165) is 29.4 Å². The van der Waals surface area contributed by atoms with E-state index in [9.17, 15) is 5.11 Å². The smallest absolute Gasteiger partial charge is 0.163 e. The van der Waals surface area contributed by atoms with E-state index in [4.69, 9.17) is 4.98 Å². The van der Waals surface area contributed by atoms with Gasteiger partial charge in [-0.05, 0) is 11.5 Å². The van der Waals surface area contributed by atoms with E-state index in [0.29, 0.717) is 19.0 Å². The molecule has 1 saturated heterocycles. The molecular weight excluding hydrogens is 376 g/mol. The van der Waals surface area contributed by atoms with Crippen molar-refractivity contribution in [2.45, 2.75) is 38.5 Å². The third-order valence-electron chi connectivity index (χ3n) is 4.95. The Bertz CT molecular complexity index is 914. The van der Waals surface area contributed by atoms with Crippen LogP contribution < -0.4 is 16.0 Å². The van der Waals surface area contributed by atoms with Crippen LogP contribution in [-0.4, -0.2) is 44.9 Å². The molecule has 1 aliphatic rings. The first-order valence-electron chi connectivity index (χ1n) is 9.43. The van der Waals surface area contributed by atoms with Gasteiger partial charge in [-0.25, -0.2) is 4.98 Å². The summed E-state index contributed by atoms with van der Waals surface area (Å²) >= 11 is 0. The van der Waals surface area contributed by atoms with Gasteiger partial charge < -0.3 is 21.1 Å². The van der Waals surface area contributed by atoms with Crippen LogP contribution in [0.3, 0.4) is 0 Å². The zero-order valence-corrected chi connectivity index (χ0v) is 16.9. The summed E-state index contributed by atoms with van der Waals surface area (Å²) in [4.78, 5) is 4.78. The summed E-state index contributed by atoms with van der Waals surface area (Å²) in [6.07, 6.45) is 1.47. The molecule has 0 radical (unpaired) electrons. The predicted octanol–water partition coefficient (Wildman–Crippen LogP) is 2.63. The molecule has 0 bridgehead atoms. The number of rotatable bonds is 6.